The van der Waals surface area contributed by atoms with Crippen LogP contribution in [-0.4, -0.2) is 18.0 Å². The van der Waals surface area contributed by atoms with Gasteiger partial charge in [-0.3, -0.25) is 4.90 Å². The molecule has 1 aliphatic rings. The second kappa shape index (κ2) is 10.4. The molecule has 0 amide bonds. The average molecular weight is 493 g/mol. The molecule has 174 valence electrons. The normalized spacial score (nSPS) is 16.0. The Labute approximate surface area is 210 Å². The maximum atomic E-state index is 13.4. The van der Waals surface area contributed by atoms with Crippen molar-refractivity contribution in [3.63, 3.8) is 0 Å². The molecule has 5 heteroatoms. The summed E-state index contributed by atoms with van der Waals surface area (Å²) in [6, 6.07) is 27.7. The van der Waals surface area contributed by atoms with Gasteiger partial charge < -0.3 is 5.32 Å². The van der Waals surface area contributed by atoms with E-state index in [9.17, 15) is 4.39 Å². The van der Waals surface area contributed by atoms with Crippen LogP contribution < -0.4 is 5.32 Å². The number of hydrogen-bond donors (Lipinski definition) is 1. The molecule has 1 unspecified atom stereocenters. The summed E-state index contributed by atoms with van der Waals surface area (Å²) in [6.07, 6.45) is 2.12. The van der Waals surface area contributed by atoms with E-state index in [1.807, 2.05) is 18.2 Å². The molecule has 34 heavy (non-hydrogen) atoms. The van der Waals surface area contributed by atoms with Crippen LogP contribution in [-0.2, 0) is 6.54 Å². The first-order valence-electron chi connectivity index (χ1n) is 11.7. The lowest BCUT2D eigenvalue weighted by atomic mass is 9.85. The lowest BCUT2D eigenvalue weighted by Crippen LogP contribution is -2.36. The molecular weight excluding hydrogens is 466 g/mol. The highest BCUT2D eigenvalue weighted by molar-refractivity contribution is 6.42. The van der Waals surface area contributed by atoms with E-state index in [4.69, 9.17) is 23.2 Å². The van der Waals surface area contributed by atoms with E-state index < -0.39 is 0 Å². The van der Waals surface area contributed by atoms with Crippen molar-refractivity contribution in [3.8, 4) is 0 Å². The Bertz CT molecular complexity index is 1270. The molecule has 0 bridgehead atoms. The van der Waals surface area contributed by atoms with Gasteiger partial charge in [0.25, 0.3) is 0 Å². The fourth-order valence-electron chi connectivity index (χ4n) is 4.94. The minimum absolute atomic E-state index is 0.0723. The first-order chi connectivity index (χ1) is 16.5. The van der Waals surface area contributed by atoms with Gasteiger partial charge in [0.15, 0.2) is 0 Å². The first-order valence-corrected chi connectivity index (χ1v) is 12.5. The van der Waals surface area contributed by atoms with Crippen LogP contribution in [0.25, 0.3) is 10.8 Å². The lowest BCUT2D eigenvalue weighted by Gasteiger charge is -2.37. The van der Waals surface area contributed by atoms with Crippen LogP contribution in [0.5, 0.6) is 0 Å². The van der Waals surface area contributed by atoms with E-state index in [1.54, 1.807) is 12.1 Å². The Morgan fingerprint density at radius 2 is 1.56 bits per heavy atom. The third kappa shape index (κ3) is 5.38. The zero-order chi connectivity index (χ0) is 23.5. The summed E-state index contributed by atoms with van der Waals surface area (Å²) in [6.45, 7) is 3.02. The number of benzene rings is 4. The summed E-state index contributed by atoms with van der Waals surface area (Å²) in [4.78, 5) is 2.53. The van der Waals surface area contributed by atoms with Crippen LogP contribution in [0.4, 0.5) is 10.1 Å². The van der Waals surface area contributed by atoms with Gasteiger partial charge in [0.1, 0.15) is 5.82 Å². The molecule has 1 fully saturated rings. The Morgan fingerprint density at radius 3 is 2.29 bits per heavy atom. The number of nitrogens with zero attached hydrogens (tertiary/aromatic N) is 1. The van der Waals surface area contributed by atoms with E-state index in [1.165, 1.54) is 28.5 Å². The third-order valence-corrected chi connectivity index (χ3v) is 7.53. The molecule has 4 aromatic carbocycles. The molecule has 1 N–H and O–H groups in total. The van der Waals surface area contributed by atoms with Crippen LogP contribution in [0.15, 0.2) is 84.9 Å². The first kappa shape index (κ1) is 23.2. The molecule has 0 radical (unpaired) electrons. The fourth-order valence-corrected chi connectivity index (χ4v) is 5.25. The Balaban J connectivity index is 1.30. The van der Waals surface area contributed by atoms with E-state index in [0.29, 0.717) is 16.0 Å². The van der Waals surface area contributed by atoms with Crippen molar-refractivity contribution in [1.29, 1.82) is 0 Å². The molecule has 1 aliphatic heterocycles. The topological polar surface area (TPSA) is 15.3 Å². The molecule has 5 rings (SSSR count). The summed E-state index contributed by atoms with van der Waals surface area (Å²) in [7, 11) is 0. The molecule has 0 spiro atoms. The maximum absolute atomic E-state index is 13.4. The van der Waals surface area contributed by atoms with Crippen molar-refractivity contribution >= 4 is 39.7 Å². The van der Waals surface area contributed by atoms with Gasteiger partial charge in [-0.25, -0.2) is 4.39 Å². The summed E-state index contributed by atoms with van der Waals surface area (Å²) in [5.41, 5.74) is 3.35. The minimum atomic E-state index is -0.237. The quantitative estimate of drug-likeness (QED) is 0.290. The van der Waals surface area contributed by atoms with Gasteiger partial charge in [-0.2, -0.15) is 0 Å². The minimum Gasteiger partial charge on any atom is -0.378 e. The Kier molecular flexibility index (Phi) is 7.05. The van der Waals surface area contributed by atoms with Gasteiger partial charge in [-0.15, -0.1) is 0 Å². The van der Waals surface area contributed by atoms with Crippen molar-refractivity contribution in [2.24, 2.45) is 5.92 Å². The van der Waals surface area contributed by atoms with Crippen LogP contribution in [0, 0.1) is 11.7 Å². The van der Waals surface area contributed by atoms with Crippen molar-refractivity contribution in [3.05, 3.63) is 112 Å². The fraction of sp³-hybridized carbons (Fsp3) is 0.241. The number of fused-ring (bicyclic) bond motifs is 1. The predicted molar refractivity (Wildman–Crippen MR) is 141 cm³/mol. The van der Waals surface area contributed by atoms with E-state index in [0.717, 1.165) is 43.7 Å². The smallest absolute Gasteiger partial charge is 0.123 e. The monoisotopic (exact) mass is 492 g/mol. The maximum Gasteiger partial charge on any atom is 0.123 e. The van der Waals surface area contributed by atoms with Crippen molar-refractivity contribution in [2.45, 2.75) is 25.4 Å². The highest BCUT2D eigenvalue weighted by Crippen LogP contribution is 2.36. The third-order valence-electron chi connectivity index (χ3n) is 6.79. The Hall–Kier alpha value is -2.59. The van der Waals surface area contributed by atoms with Gasteiger partial charge in [0.05, 0.1) is 16.1 Å². The number of likely N-dealkylation sites (tertiary alicyclic amines) is 1. The van der Waals surface area contributed by atoms with Gasteiger partial charge >= 0.3 is 0 Å². The molecular formula is C29H27Cl2FN2. The second-order valence-corrected chi connectivity index (χ2v) is 9.91. The molecule has 1 saturated heterocycles. The van der Waals surface area contributed by atoms with Crippen LogP contribution in [0.1, 0.15) is 30.0 Å². The number of rotatable bonds is 6. The highest BCUT2D eigenvalue weighted by Gasteiger charge is 2.28. The van der Waals surface area contributed by atoms with Crippen LogP contribution >= 0.6 is 23.2 Å². The molecule has 0 aliphatic carbocycles. The number of anilines is 1. The lowest BCUT2D eigenvalue weighted by molar-refractivity contribution is 0.166. The molecule has 2 nitrogen and oxygen atoms in total. The number of piperidine rings is 1. The zero-order valence-electron chi connectivity index (χ0n) is 18.9. The largest absolute Gasteiger partial charge is 0.378 e. The summed E-state index contributed by atoms with van der Waals surface area (Å²) in [5.74, 6) is 0.189. The Morgan fingerprint density at radius 1 is 0.824 bits per heavy atom. The van der Waals surface area contributed by atoms with Crippen molar-refractivity contribution < 1.29 is 4.39 Å². The van der Waals surface area contributed by atoms with Crippen molar-refractivity contribution in [2.75, 3.05) is 18.4 Å². The summed E-state index contributed by atoms with van der Waals surface area (Å²) < 4.78 is 13.4. The average Bonchev–Trinajstić information content (AvgIpc) is 2.86. The number of halogens is 3. The zero-order valence-corrected chi connectivity index (χ0v) is 20.4. The predicted octanol–water partition coefficient (Wildman–Crippen LogP) is 8.35. The second-order valence-electron chi connectivity index (χ2n) is 9.10. The number of nitrogens with one attached hydrogen (secondary N) is 1. The standard InChI is InChI=1S/C29H27Cl2FN2/c30-27-12-7-24(18-28(27)31)29(33-26-10-8-25(32)9-11-26)22-13-15-34(16-14-22)19-20-5-6-21-3-1-2-4-23(21)17-20/h1-12,17-18,22,29,33H,13-16,19H2. The molecule has 1 atom stereocenters. The van der Waals surface area contributed by atoms with Gasteiger partial charge in [0, 0.05) is 12.2 Å². The van der Waals surface area contributed by atoms with Gasteiger partial charge in [-0.1, -0.05) is 65.7 Å². The molecule has 0 aromatic heterocycles. The van der Waals surface area contributed by atoms with Crippen LogP contribution in [0.2, 0.25) is 10.0 Å². The summed E-state index contributed by atoms with van der Waals surface area (Å²) in [5, 5.41) is 7.31. The number of hydrogen-bond acceptors (Lipinski definition) is 2. The van der Waals surface area contributed by atoms with Crippen LogP contribution in [0.3, 0.4) is 0 Å². The molecule has 0 saturated carbocycles. The van der Waals surface area contributed by atoms with Crippen molar-refractivity contribution in [1.82, 2.24) is 4.90 Å². The van der Waals surface area contributed by atoms with Gasteiger partial charge in [-0.05, 0) is 96.2 Å². The highest BCUT2D eigenvalue weighted by atomic mass is 35.5. The molecule has 4 aromatic rings. The summed E-state index contributed by atoms with van der Waals surface area (Å²) >= 11 is 12.5. The van der Waals surface area contributed by atoms with E-state index in [2.05, 4.69) is 52.7 Å². The van der Waals surface area contributed by atoms with E-state index >= 15 is 0 Å². The SMILES string of the molecule is Fc1ccc(NC(c2ccc(Cl)c(Cl)c2)C2CCN(Cc3ccc4ccccc4c3)CC2)cc1. The molecule has 1 heterocycles. The van der Waals surface area contributed by atoms with E-state index in [-0.39, 0.29) is 11.9 Å². The van der Waals surface area contributed by atoms with Gasteiger partial charge in [0.2, 0.25) is 0 Å².